The molecular weight excluding hydrogens is 504 g/mol. The van der Waals surface area contributed by atoms with Crippen molar-refractivity contribution in [3.8, 4) is 22.6 Å². The molecule has 196 valence electrons. The summed E-state index contributed by atoms with van der Waals surface area (Å²) in [5.74, 6) is -1.85. The van der Waals surface area contributed by atoms with E-state index in [9.17, 15) is 22.0 Å². The van der Waals surface area contributed by atoms with Crippen LogP contribution in [0.5, 0.6) is 11.5 Å². The molecule has 0 aliphatic heterocycles. The van der Waals surface area contributed by atoms with Gasteiger partial charge in [-0.05, 0) is 51.4 Å². The number of likely N-dealkylation sites (N-methyl/N-ethyl adjacent to an activating group) is 1. The van der Waals surface area contributed by atoms with Gasteiger partial charge >= 0.3 is 0 Å². The number of hydrogen-bond acceptors (Lipinski definition) is 6. The van der Waals surface area contributed by atoms with E-state index in [1.54, 1.807) is 24.1 Å². The van der Waals surface area contributed by atoms with Gasteiger partial charge in [0.2, 0.25) is 10.0 Å². The average molecular weight is 532 g/mol. The van der Waals surface area contributed by atoms with Crippen molar-refractivity contribution < 1.29 is 21.9 Å². The molecule has 0 saturated heterocycles. The summed E-state index contributed by atoms with van der Waals surface area (Å²) in [5, 5.41) is 4.98. The topological polar surface area (TPSA) is 98.5 Å². The number of fused-ring (bicyclic) bond motifs is 1. The first kappa shape index (κ1) is 26.3. The Morgan fingerprint density at radius 2 is 1.78 bits per heavy atom. The van der Waals surface area contributed by atoms with Gasteiger partial charge in [-0.15, -0.1) is 0 Å². The van der Waals surface area contributed by atoms with Gasteiger partial charge in [0.15, 0.2) is 11.6 Å². The third kappa shape index (κ3) is 5.81. The predicted molar refractivity (Wildman–Crippen MR) is 138 cm³/mol. The molecule has 0 aliphatic rings. The highest BCUT2D eigenvalue weighted by atomic mass is 32.2. The zero-order valence-corrected chi connectivity index (χ0v) is 21.6. The number of benzene rings is 2. The Bertz CT molecular complexity index is 1630. The quantitative estimate of drug-likeness (QED) is 0.353. The highest BCUT2D eigenvalue weighted by Crippen LogP contribution is 2.38. The van der Waals surface area contributed by atoms with Gasteiger partial charge in [0.05, 0.1) is 17.7 Å². The lowest BCUT2D eigenvalue weighted by atomic mass is 10.0. The van der Waals surface area contributed by atoms with Crippen LogP contribution in [0.4, 0.5) is 14.5 Å². The molecule has 0 unspecified atom stereocenters. The summed E-state index contributed by atoms with van der Waals surface area (Å²) >= 11 is 0. The van der Waals surface area contributed by atoms with Crippen LogP contribution in [0.2, 0.25) is 0 Å². The van der Waals surface area contributed by atoms with Gasteiger partial charge in [-0.3, -0.25) is 14.2 Å². The molecular formula is C25H27F2N5O4S. The number of hydrogen-bond donors (Lipinski definition) is 1. The Hall–Kier alpha value is -3.77. The van der Waals surface area contributed by atoms with Crippen LogP contribution in [0, 0.1) is 11.6 Å². The number of aromatic nitrogens is 3. The molecule has 4 rings (SSSR count). The number of nitrogens with one attached hydrogen (secondary N) is 1. The maximum absolute atomic E-state index is 14.4. The molecule has 0 fully saturated rings. The van der Waals surface area contributed by atoms with Crippen LogP contribution in [0.1, 0.15) is 6.92 Å². The monoisotopic (exact) mass is 531 g/mol. The number of halogens is 2. The van der Waals surface area contributed by atoms with Crippen LogP contribution >= 0.6 is 0 Å². The molecule has 4 aromatic rings. The number of aryl methyl sites for hydroxylation is 1. The molecule has 0 saturated carbocycles. The van der Waals surface area contributed by atoms with Crippen molar-refractivity contribution in [1.82, 2.24) is 19.2 Å². The Balaban J connectivity index is 1.92. The number of ether oxygens (including phenoxy) is 1. The van der Waals surface area contributed by atoms with E-state index in [0.717, 1.165) is 12.1 Å². The van der Waals surface area contributed by atoms with Crippen molar-refractivity contribution in [3.05, 3.63) is 70.8 Å². The lowest BCUT2D eigenvalue weighted by Crippen LogP contribution is -2.18. The lowest BCUT2D eigenvalue weighted by molar-refractivity contribution is 0.374. The van der Waals surface area contributed by atoms with E-state index in [-0.39, 0.29) is 28.5 Å². The molecule has 0 spiro atoms. The number of nitrogens with zero attached hydrogens (tertiary/aromatic N) is 4. The number of rotatable bonds is 9. The molecule has 9 nitrogen and oxygen atoms in total. The number of sulfonamides is 1. The molecule has 1 N–H and O–H groups in total. The van der Waals surface area contributed by atoms with Gasteiger partial charge in [-0.1, -0.05) is 0 Å². The first-order valence-electron chi connectivity index (χ1n) is 11.5. The van der Waals surface area contributed by atoms with Crippen LogP contribution in [-0.4, -0.2) is 54.1 Å². The lowest BCUT2D eigenvalue weighted by Gasteiger charge is -2.15. The van der Waals surface area contributed by atoms with Crippen LogP contribution < -0.4 is 15.0 Å². The third-order valence-electron chi connectivity index (χ3n) is 5.70. The second-order valence-corrected chi connectivity index (χ2v) is 10.8. The van der Waals surface area contributed by atoms with E-state index in [4.69, 9.17) is 4.74 Å². The van der Waals surface area contributed by atoms with Crippen LogP contribution in [0.15, 0.2) is 53.6 Å². The van der Waals surface area contributed by atoms with Crippen molar-refractivity contribution in [1.29, 1.82) is 0 Å². The maximum atomic E-state index is 14.4. The van der Waals surface area contributed by atoms with Crippen molar-refractivity contribution in [2.24, 2.45) is 7.05 Å². The molecule has 0 aliphatic carbocycles. The minimum atomic E-state index is -3.60. The summed E-state index contributed by atoms with van der Waals surface area (Å²) in [6.07, 6.45) is 3.23. The van der Waals surface area contributed by atoms with Gasteiger partial charge in [0, 0.05) is 48.9 Å². The van der Waals surface area contributed by atoms with Crippen molar-refractivity contribution >= 4 is 26.6 Å². The molecule has 37 heavy (non-hydrogen) atoms. The molecule has 0 radical (unpaired) electrons. The van der Waals surface area contributed by atoms with Gasteiger partial charge in [0.25, 0.3) is 5.56 Å². The zero-order chi connectivity index (χ0) is 26.9. The highest BCUT2D eigenvalue weighted by molar-refractivity contribution is 7.92. The highest BCUT2D eigenvalue weighted by Gasteiger charge is 2.20. The van der Waals surface area contributed by atoms with E-state index in [2.05, 4.69) is 9.82 Å². The standard InChI is InChI=1S/C25H27F2N5O4S/c1-5-37(34,35)29-17-7-9-22(36-23-8-6-16(26)12-21(23)27)18(13-17)19-14-31(4)25(33)20-15-32(28-24(19)20)11-10-30(2)3/h6-9,12-15,29H,5,10-11H2,1-4H3. The fourth-order valence-electron chi connectivity index (χ4n) is 3.72. The normalized spacial score (nSPS) is 11.9. The van der Waals surface area contributed by atoms with E-state index < -0.39 is 21.7 Å². The predicted octanol–water partition coefficient (Wildman–Crippen LogP) is 3.80. The van der Waals surface area contributed by atoms with Gasteiger partial charge in [-0.2, -0.15) is 5.10 Å². The van der Waals surface area contributed by atoms with Crippen LogP contribution in [0.3, 0.4) is 0 Å². The molecule has 0 amide bonds. The maximum Gasteiger partial charge on any atom is 0.261 e. The summed E-state index contributed by atoms with van der Waals surface area (Å²) in [6, 6.07) is 7.42. The van der Waals surface area contributed by atoms with E-state index in [1.165, 1.54) is 29.7 Å². The first-order chi connectivity index (χ1) is 17.5. The number of pyridine rings is 1. The van der Waals surface area contributed by atoms with Gasteiger partial charge in [0.1, 0.15) is 17.1 Å². The molecule has 0 bridgehead atoms. The summed E-state index contributed by atoms with van der Waals surface area (Å²) in [6.45, 7) is 2.73. The minimum Gasteiger partial charge on any atom is -0.454 e. The Morgan fingerprint density at radius 1 is 1.05 bits per heavy atom. The van der Waals surface area contributed by atoms with Gasteiger partial charge in [-0.25, -0.2) is 17.2 Å². The summed E-state index contributed by atoms with van der Waals surface area (Å²) in [5.41, 5.74) is 1.19. The molecule has 0 atom stereocenters. The van der Waals surface area contributed by atoms with E-state index in [1.807, 2.05) is 19.0 Å². The average Bonchev–Trinajstić information content (AvgIpc) is 3.27. The summed E-state index contributed by atoms with van der Waals surface area (Å²) in [7, 11) is 1.84. The van der Waals surface area contributed by atoms with Crippen LogP contribution in [-0.2, 0) is 23.6 Å². The van der Waals surface area contributed by atoms with E-state index in [0.29, 0.717) is 41.2 Å². The van der Waals surface area contributed by atoms with E-state index >= 15 is 0 Å². The second kappa shape index (κ2) is 10.3. The Labute approximate surface area is 212 Å². The van der Waals surface area contributed by atoms with Gasteiger partial charge < -0.3 is 14.2 Å². The smallest absolute Gasteiger partial charge is 0.261 e. The summed E-state index contributed by atoms with van der Waals surface area (Å²) < 4.78 is 63.7. The molecule has 2 aromatic heterocycles. The second-order valence-electron chi connectivity index (χ2n) is 8.81. The minimum absolute atomic E-state index is 0.137. The summed E-state index contributed by atoms with van der Waals surface area (Å²) in [4.78, 5) is 14.9. The third-order valence-corrected chi connectivity index (χ3v) is 7.01. The van der Waals surface area contributed by atoms with Crippen LogP contribution in [0.25, 0.3) is 22.0 Å². The Kier molecular flexibility index (Phi) is 7.32. The largest absolute Gasteiger partial charge is 0.454 e. The first-order valence-corrected chi connectivity index (χ1v) is 13.1. The fourth-order valence-corrected chi connectivity index (χ4v) is 4.35. The number of anilines is 1. The molecule has 2 aromatic carbocycles. The Morgan fingerprint density at radius 3 is 2.46 bits per heavy atom. The molecule has 12 heteroatoms. The fraction of sp³-hybridized carbons (Fsp3) is 0.280. The SMILES string of the molecule is CCS(=O)(=O)Nc1ccc(Oc2ccc(F)cc2F)c(-c2cn(C)c(=O)c3cn(CCN(C)C)nc23)c1. The molecule has 2 heterocycles. The zero-order valence-electron chi connectivity index (χ0n) is 20.8. The van der Waals surface area contributed by atoms with Crippen molar-refractivity contribution in [3.63, 3.8) is 0 Å². The van der Waals surface area contributed by atoms with Crippen molar-refractivity contribution in [2.45, 2.75) is 13.5 Å². The van der Waals surface area contributed by atoms with Crippen molar-refractivity contribution in [2.75, 3.05) is 31.1 Å².